The van der Waals surface area contributed by atoms with Crippen LogP contribution in [0.4, 0.5) is 0 Å². The summed E-state index contributed by atoms with van der Waals surface area (Å²) in [5, 5.41) is 10.6. The fourth-order valence-electron chi connectivity index (χ4n) is 2.66. The lowest BCUT2D eigenvalue weighted by Gasteiger charge is -2.27. The standard InChI is InChI=1S/C17H24N2O3/c1-4-6-14(15(18)5-2)16(20)19-11-12-7-9-13(10-8-12)17(21)22-3/h1,6,12-13,18H,5,7-11H2,2-3H3,(H,19,20)/b14-6+,18-15?. The van der Waals surface area contributed by atoms with Gasteiger partial charge in [0.15, 0.2) is 0 Å². The Labute approximate surface area is 132 Å². The van der Waals surface area contributed by atoms with E-state index >= 15 is 0 Å². The first-order valence-electron chi connectivity index (χ1n) is 7.63. The molecule has 0 heterocycles. The molecule has 1 aliphatic carbocycles. The van der Waals surface area contributed by atoms with Gasteiger partial charge in [-0.15, -0.1) is 6.42 Å². The molecule has 1 amide bonds. The lowest BCUT2D eigenvalue weighted by atomic mass is 9.82. The highest BCUT2D eigenvalue weighted by Crippen LogP contribution is 2.29. The summed E-state index contributed by atoms with van der Waals surface area (Å²) in [6.45, 7) is 2.36. The number of hydrogen-bond acceptors (Lipinski definition) is 4. The monoisotopic (exact) mass is 304 g/mol. The van der Waals surface area contributed by atoms with Crippen molar-refractivity contribution in [1.82, 2.24) is 5.32 Å². The highest BCUT2D eigenvalue weighted by Gasteiger charge is 2.27. The summed E-state index contributed by atoms with van der Waals surface area (Å²) >= 11 is 0. The molecule has 5 nitrogen and oxygen atoms in total. The Hall–Kier alpha value is -2.09. The van der Waals surface area contributed by atoms with Gasteiger partial charge in [-0.2, -0.15) is 0 Å². The van der Waals surface area contributed by atoms with Crippen molar-refractivity contribution in [3.05, 3.63) is 11.6 Å². The molecule has 0 bridgehead atoms. The van der Waals surface area contributed by atoms with E-state index in [1.54, 1.807) is 0 Å². The summed E-state index contributed by atoms with van der Waals surface area (Å²) in [5.74, 6) is 2.22. The van der Waals surface area contributed by atoms with Crippen LogP contribution in [0.1, 0.15) is 39.0 Å². The Bertz CT molecular complexity index is 495. The second-order valence-corrected chi connectivity index (χ2v) is 5.51. The normalized spacial score (nSPS) is 21.6. The van der Waals surface area contributed by atoms with E-state index < -0.39 is 0 Å². The SMILES string of the molecule is C#C/C=C(\C(=N)CC)C(=O)NCC1CCC(C(=O)OC)CC1. The smallest absolute Gasteiger partial charge is 0.308 e. The molecule has 0 aromatic carbocycles. The molecular weight excluding hydrogens is 280 g/mol. The minimum Gasteiger partial charge on any atom is -0.469 e. The number of esters is 1. The second-order valence-electron chi connectivity index (χ2n) is 5.51. The van der Waals surface area contributed by atoms with Gasteiger partial charge in [0.1, 0.15) is 0 Å². The van der Waals surface area contributed by atoms with Gasteiger partial charge in [-0.3, -0.25) is 9.59 Å². The minimum atomic E-state index is -0.292. The fourth-order valence-corrected chi connectivity index (χ4v) is 2.66. The summed E-state index contributed by atoms with van der Waals surface area (Å²) in [5.41, 5.74) is 0.498. The Balaban J connectivity index is 2.46. The van der Waals surface area contributed by atoms with Crippen LogP contribution < -0.4 is 5.32 Å². The van der Waals surface area contributed by atoms with Crippen LogP contribution in [0.2, 0.25) is 0 Å². The van der Waals surface area contributed by atoms with Gasteiger partial charge in [-0.1, -0.05) is 12.8 Å². The van der Waals surface area contributed by atoms with E-state index in [1.807, 2.05) is 6.92 Å². The molecule has 0 spiro atoms. The van der Waals surface area contributed by atoms with Gasteiger partial charge in [0.05, 0.1) is 18.6 Å². The van der Waals surface area contributed by atoms with Crippen LogP contribution in [0.25, 0.3) is 0 Å². The van der Waals surface area contributed by atoms with E-state index in [0.717, 1.165) is 25.7 Å². The van der Waals surface area contributed by atoms with E-state index in [4.69, 9.17) is 16.6 Å². The van der Waals surface area contributed by atoms with Crippen LogP contribution in [0.5, 0.6) is 0 Å². The molecule has 1 fully saturated rings. The third-order valence-corrected chi connectivity index (χ3v) is 4.08. The maximum absolute atomic E-state index is 12.1. The molecule has 1 rings (SSSR count). The van der Waals surface area contributed by atoms with Crippen LogP contribution in [0, 0.1) is 29.6 Å². The predicted octanol–water partition coefficient (Wildman–Crippen LogP) is 2.07. The lowest BCUT2D eigenvalue weighted by Crippen LogP contribution is -2.34. The summed E-state index contributed by atoms with van der Waals surface area (Å²) in [7, 11) is 1.41. The van der Waals surface area contributed by atoms with Crippen LogP contribution >= 0.6 is 0 Å². The van der Waals surface area contributed by atoms with Gasteiger partial charge in [0.2, 0.25) is 0 Å². The third-order valence-electron chi connectivity index (χ3n) is 4.08. The summed E-state index contributed by atoms with van der Waals surface area (Å²) < 4.78 is 4.76. The molecule has 0 aromatic heterocycles. The van der Waals surface area contributed by atoms with Crippen LogP contribution in [-0.4, -0.2) is 31.2 Å². The summed E-state index contributed by atoms with van der Waals surface area (Å²) in [6, 6.07) is 0. The molecule has 0 aromatic rings. The molecule has 120 valence electrons. The van der Waals surface area contributed by atoms with Crippen LogP contribution in [0.3, 0.4) is 0 Å². The van der Waals surface area contributed by atoms with Gasteiger partial charge in [0.25, 0.3) is 5.91 Å². The Morgan fingerprint density at radius 1 is 1.36 bits per heavy atom. The molecule has 0 atom stereocenters. The minimum absolute atomic E-state index is 0.0119. The number of nitrogens with one attached hydrogen (secondary N) is 2. The van der Waals surface area contributed by atoms with Gasteiger partial charge in [0, 0.05) is 18.3 Å². The third kappa shape index (κ3) is 5.03. The number of terminal acetylenes is 1. The predicted molar refractivity (Wildman–Crippen MR) is 85.4 cm³/mol. The average Bonchev–Trinajstić information content (AvgIpc) is 2.56. The first-order chi connectivity index (χ1) is 10.5. The van der Waals surface area contributed by atoms with E-state index in [0.29, 0.717) is 18.9 Å². The largest absolute Gasteiger partial charge is 0.469 e. The Morgan fingerprint density at radius 2 is 2.00 bits per heavy atom. The molecule has 0 saturated heterocycles. The van der Waals surface area contributed by atoms with Gasteiger partial charge in [-0.25, -0.2) is 0 Å². The van der Waals surface area contributed by atoms with E-state index in [1.165, 1.54) is 13.2 Å². The summed E-state index contributed by atoms with van der Waals surface area (Å²) in [4.78, 5) is 23.6. The molecule has 0 radical (unpaired) electrons. The zero-order chi connectivity index (χ0) is 16.5. The number of hydrogen-bond donors (Lipinski definition) is 2. The molecule has 2 N–H and O–H groups in total. The van der Waals surface area contributed by atoms with Crippen molar-refractivity contribution >= 4 is 17.6 Å². The number of methoxy groups -OCH3 is 1. The molecule has 5 heteroatoms. The van der Waals surface area contributed by atoms with Crippen molar-refractivity contribution in [2.75, 3.05) is 13.7 Å². The molecule has 0 aliphatic heterocycles. The van der Waals surface area contributed by atoms with Crippen molar-refractivity contribution < 1.29 is 14.3 Å². The maximum Gasteiger partial charge on any atom is 0.308 e. The average molecular weight is 304 g/mol. The van der Waals surface area contributed by atoms with E-state index in [9.17, 15) is 9.59 Å². The Kier molecular flexibility index (Phi) is 7.38. The van der Waals surface area contributed by atoms with Gasteiger partial charge >= 0.3 is 5.97 Å². The van der Waals surface area contributed by atoms with Crippen molar-refractivity contribution in [2.45, 2.75) is 39.0 Å². The van der Waals surface area contributed by atoms with Crippen molar-refractivity contribution in [3.8, 4) is 12.3 Å². The lowest BCUT2D eigenvalue weighted by molar-refractivity contribution is -0.146. The zero-order valence-corrected chi connectivity index (χ0v) is 13.3. The van der Waals surface area contributed by atoms with Gasteiger partial charge in [-0.05, 0) is 38.0 Å². The maximum atomic E-state index is 12.1. The zero-order valence-electron chi connectivity index (χ0n) is 13.3. The number of carbonyl (C=O) groups excluding carboxylic acids is 2. The highest BCUT2D eigenvalue weighted by molar-refractivity contribution is 6.20. The van der Waals surface area contributed by atoms with Crippen molar-refractivity contribution in [1.29, 1.82) is 5.41 Å². The number of allylic oxidation sites excluding steroid dienone is 1. The molecule has 1 aliphatic rings. The second kappa shape index (κ2) is 9.04. The first-order valence-corrected chi connectivity index (χ1v) is 7.63. The quantitative estimate of drug-likeness (QED) is 0.341. The van der Waals surface area contributed by atoms with Crippen molar-refractivity contribution in [3.63, 3.8) is 0 Å². The van der Waals surface area contributed by atoms with E-state index in [2.05, 4.69) is 11.2 Å². The number of rotatable bonds is 6. The highest BCUT2D eigenvalue weighted by atomic mass is 16.5. The molecule has 22 heavy (non-hydrogen) atoms. The Morgan fingerprint density at radius 3 is 2.50 bits per heavy atom. The first kappa shape index (κ1) is 18.0. The number of ether oxygens (including phenoxy) is 1. The topological polar surface area (TPSA) is 79.3 Å². The molecular formula is C17H24N2O3. The van der Waals surface area contributed by atoms with Crippen molar-refractivity contribution in [2.24, 2.45) is 11.8 Å². The number of amides is 1. The number of carbonyl (C=O) groups is 2. The van der Waals surface area contributed by atoms with E-state index in [-0.39, 0.29) is 29.1 Å². The van der Waals surface area contributed by atoms with Gasteiger partial charge < -0.3 is 15.5 Å². The molecule has 1 saturated carbocycles. The summed E-state index contributed by atoms with van der Waals surface area (Å²) in [6.07, 6.45) is 10.4. The fraction of sp³-hybridized carbons (Fsp3) is 0.588. The molecule has 0 unspecified atom stereocenters. The van der Waals surface area contributed by atoms with Crippen LogP contribution in [0.15, 0.2) is 11.6 Å². The van der Waals surface area contributed by atoms with Crippen LogP contribution in [-0.2, 0) is 14.3 Å².